The summed E-state index contributed by atoms with van der Waals surface area (Å²) in [5.41, 5.74) is 3.03. The number of anilines is 2. The minimum Gasteiger partial charge on any atom is -0.459 e. The van der Waals surface area contributed by atoms with E-state index in [1.54, 1.807) is 12.1 Å². The lowest BCUT2D eigenvalue weighted by atomic mass is 10.1. The lowest BCUT2D eigenvalue weighted by Crippen LogP contribution is -2.46. The van der Waals surface area contributed by atoms with Crippen molar-refractivity contribution in [1.82, 2.24) is 10.2 Å². The average molecular weight is 384 g/mol. The van der Waals surface area contributed by atoms with E-state index in [0.717, 1.165) is 44.0 Å². The number of likely N-dealkylation sites (N-methyl/N-ethyl adjacent to an activating group) is 1. The largest absolute Gasteiger partial charge is 0.459 e. The topological polar surface area (TPSA) is 77.8 Å². The lowest BCUT2D eigenvalue weighted by Gasteiger charge is -2.35. The van der Waals surface area contributed by atoms with Crippen molar-refractivity contribution >= 4 is 23.2 Å². The van der Waals surface area contributed by atoms with Crippen molar-refractivity contribution in [3.8, 4) is 0 Å². The first-order chi connectivity index (χ1) is 13.6. The van der Waals surface area contributed by atoms with E-state index in [2.05, 4.69) is 39.5 Å². The Hall–Kier alpha value is -2.80. The number of piperazine rings is 1. The number of rotatable bonds is 7. The molecule has 0 unspecified atom stereocenters. The number of carbonyl (C=O) groups is 2. The molecule has 2 aromatic rings. The second-order valence-corrected chi connectivity index (χ2v) is 6.95. The number of carbonyl (C=O) groups excluding carboxylic acids is 2. The Morgan fingerprint density at radius 3 is 2.57 bits per heavy atom. The van der Waals surface area contributed by atoms with Gasteiger partial charge in [0, 0.05) is 50.5 Å². The predicted molar refractivity (Wildman–Crippen MR) is 110 cm³/mol. The third-order valence-electron chi connectivity index (χ3n) is 5.05. The third-order valence-corrected chi connectivity index (χ3v) is 5.05. The van der Waals surface area contributed by atoms with Gasteiger partial charge in [-0.2, -0.15) is 0 Å². The summed E-state index contributed by atoms with van der Waals surface area (Å²) in [5, 5.41) is 5.60. The van der Waals surface area contributed by atoms with Gasteiger partial charge in [0.25, 0.3) is 5.91 Å². The van der Waals surface area contributed by atoms with Gasteiger partial charge < -0.3 is 24.9 Å². The molecule has 2 amide bonds. The average Bonchev–Trinajstić information content (AvgIpc) is 3.24. The summed E-state index contributed by atoms with van der Waals surface area (Å²) in [7, 11) is 0. The molecule has 0 bridgehead atoms. The van der Waals surface area contributed by atoms with E-state index in [-0.39, 0.29) is 30.5 Å². The van der Waals surface area contributed by atoms with E-state index in [9.17, 15) is 9.59 Å². The number of hydrogen-bond donors (Lipinski definition) is 2. The Kier molecular flexibility index (Phi) is 6.71. The molecule has 7 nitrogen and oxygen atoms in total. The summed E-state index contributed by atoms with van der Waals surface area (Å²) in [6, 6.07) is 9.37. The summed E-state index contributed by atoms with van der Waals surface area (Å²) in [5.74, 6) is -0.208. The van der Waals surface area contributed by atoms with Gasteiger partial charge in [0.2, 0.25) is 5.91 Å². The van der Waals surface area contributed by atoms with Gasteiger partial charge in [-0.25, -0.2) is 0 Å². The SMILES string of the molecule is CCN1CCN(c2ccc(NC(=O)CCNC(=O)c3ccco3)c(C)c2)CC1. The van der Waals surface area contributed by atoms with Crippen LogP contribution in [0.4, 0.5) is 11.4 Å². The van der Waals surface area contributed by atoms with Gasteiger partial charge in [0.15, 0.2) is 5.76 Å². The molecule has 0 radical (unpaired) electrons. The quantitative estimate of drug-likeness (QED) is 0.767. The lowest BCUT2D eigenvalue weighted by molar-refractivity contribution is -0.116. The van der Waals surface area contributed by atoms with Crippen molar-refractivity contribution in [2.45, 2.75) is 20.3 Å². The third kappa shape index (κ3) is 5.13. The first kappa shape index (κ1) is 19.9. The van der Waals surface area contributed by atoms with E-state index in [4.69, 9.17) is 4.42 Å². The minimum absolute atomic E-state index is 0.132. The highest BCUT2D eigenvalue weighted by Crippen LogP contribution is 2.24. The minimum atomic E-state index is -0.318. The van der Waals surface area contributed by atoms with Gasteiger partial charge in [-0.1, -0.05) is 6.92 Å². The number of amides is 2. The normalized spacial score (nSPS) is 14.7. The maximum absolute atomic E-state index is 12.2. The van der Waals surface area contributed by atoms with Gasteiger partial charge in [0.1, 0.15) is 0 Å². The zero-order chi connectivity index (χ0) is 19.9. The molecule has 150 valence electrons. The Labute approximate surface area is 165 Å². The highest BCUT2D eigenvalue weighted by atomic mass is 16.3. The molecule has 2 N–H and O–H groups in total. The molecule has 0 spiro atoms. The first-order valence-corrected chi connectivity index (χ1v) is 9.76. The molecule has 1 aromatic carbocycles. The van der Waals surface area contributed by atoms with E-state index in [1.807, 2.05) is 13.0 Å². The Bertz CT molecular complexity index is 796. The molecule has 1 saturated heterocycles. The number of hydrogen-bond acceptors (Lipinski definition) is 5. The van der Waals surface area contributed by atoms with Crippen LogP contribution < -0.4 is 15.5 Å². The van der Waals surface area contributed by atoms with Crippen molar-refractivity contribution in [2.24, 2.45) is 0 Å². The first-order valence-electron chi connectivity index (χ1n) is 9.76. The van der Waals surface area contributed by atoms with Gasteiger partial charge in [0.05, 0.1) is 6.26 Å². The number of nitrogens with one attached hydrogen (secondary N) is 2. The summed E-state index contributed by atoms with van der Waals surface area (Å²) < 4.78 is 5.02. The highest BCUT2D eigenvalue weighted by Gasteiger charge is 2.16. The predicted octanol–water partition coefficient (Wildman–Crippen LogP) is 2.49. The fourth-order valence-corrected chi connectivity index (χ4v) is 3.30. The summed E-state index contributed by atoms with van der Waals surface area (Å²) in [6.07, 6.45) is 1.64. The Morgan fingerprint density at radius 2 is 1.93 bits per heavy atom. The zero-order valence-electron chi connectivity index (χ0n) is 16.5. The van der Waals surface area contributed by atoms with E-state index < -0.39 is 0 Å². The molecule has 7 heteroatoms. The second-order valence-electron chi connectivity index (χ2n) is 6.95. The molecule has 1 fully saturated rings. The van der Waals surface area contributed by atoms with Crippen LogP contribution in [0, 0.1) is 6.92 Å². The molecule has 3 rings (SSSR count). The van der Waals surface area contributed by atoms with Crippen LogP contribution in [0.1, 0.15) is 29.5 Å². The smallest absolute Gasteiger partial charge is 0.286 e. The molecular formula is C21H28N4O3. The van der Waals surface area contributed by atoms with E-state index >= 15 is 0 Å². The standard InChI is InChI=1S/C21H28N4O3/c1-3-24-10-12-25(13-11-24)17-6-7-18(16(2)15-17)23-20(26)8-9-22-21(27)19-5-4-14-28-19/h4-7,14-15H,3,8-13H2,1-2H3,(H,22,27)(H,23,26). The molecular weight excluding hydrogens is 356 g/mol. The molecule has 1 aliphatic rings. The molecule has 1 aliphatic heterocycles. The fraction of sp³-hybridized carbons (Fsp3) is 0.429. The number of benzene rings is 1. The van der Waals surface area contributed by atoms with Crippen molar-refractivity contribution in [2.75, 3.05) is 49.5 Å². The Morgan fingerprint density at radius 1 is 1.14 bits per heavy atom. The van der Waals surface area contributed by atoms with Crippen LogP contribution in [0.3, 0.4) is 0 Å². The maximum atomic E-state index is 12.2. The van der Waals surface area contributed by atoms with Crippen molar-refractivity contribution < 1.29 is 14.0 Å². The Balaban J connectivity index is 1.47. The number of aryl methyl sites for hydroxylation is 1. The van der Waals surface area contributed by atoms with Gasteiger partial charge in [-0.05, 0) is 49.4 Å². The van der Waals surface area contributed by atoms with Gasteiger partial charge in [-0.3, -0.25) is 9.59 Å². The van der Waals surface area contributed by atoms with Crippen LogP contribution in [-0.4, -0.2) is 56.0 Å². The van der Waals surface area contributed by atoms with Crippen LogP contribution in [0.5, 0.6) is 0 Å². The highest BCUT2D eigenvalue weighted by molar-refractivity contribution is 5.94. The monoisotopic (exact) mass is 384 g/mol. The number of furan rings is 1. The van der Waals surface area contributed by atoms with Crippen LogP contribution in [0.15, 0.2) is 41.0 Å². The van der Waals surface area contributed by atoms with Gasteiger partial charge in [-0.15, -0.1) is 0 Å². The van der Waals surface area contributed by atoms with Crippen LogP contribution >= 0.6 is 0 Å². The van der Waals surface area contributed by atoms with Crippen LogP contribution in [0.2, 0.25) is 0 Å². The summed E-state index contributed by atoms with van der Waals surface area (Å²) >= 11 is 0. The van der Waals surface area contributed by atoms with Gasteiger partial charge >= 0.3 is 0 Å². The molecule has 0 saturated carbocycles. The van der Waals surface area contributed by atoms with Crippen LogP contribution in [-0.2, 0) is 4.79 Å². The fourth-order valence-electron chi connectivity index (χ4n) is 3.30. The molecule has 0 atom stereocenters. The number of nitrogens with zero attached hydrogens (tertiary/aromatic N) is 2. The van der Waals surface area contributed by atoms with Crippen LogP contribution in [0.25, 0.3) is 0 Å². The zero-order valence-corrected chi connectivity index (χ0v) is 16.5. The van der Waals surface area contributed by atoms with E-state index in [0.29, 0.717) is 0 Å². The maximum Gasteiger partial charge on any atom is 0.286 e. The molecule has 1 aromatic heterocycles. The van der Waals surface area contributed by atoms with E-state index in [1.165, 1.54) is 12.0 Å². The van der Waals surface area contributed by atoms with Crippen molar-refractivity contribution in [3.05, 3.63) is 47.9 Å². The second kappa shape index (κ2) is 9.41. The molecule has 28 heavy (non-hydrogen) atoms. The summed E-state index contributed by atoms with van der Waals surface area (Å²) in [4.78, 5) is 28.8. The summed E-state index contributed by atoms with van der Waals surface area (Å²) in [6.45, 7) is 9.75. The molecule has 2 heterocycles. The van der Waals surface area contributed by atoms with Crippen molar-refractivity contribution in [1.29, 1.82) is 0 Å². The van der Waals surface area contributed by atoms with Crippen molar-refractivity contribution in [3.63, 3.8) is 0 Å². The molecule has 0 aliphatic carbocycles.